The van der Waals surface area contributed by atoms with Crippen molar-refractivity contribution < 1.29 is 24.2 Å². The lowest BCUT2D eigenvalue weighted by molar-refractivity contribution is 0.0695. The van der Waals surface area contributed by atoms with Crippen molar-refractivity contribution in [2.24, 2.45) is 5.92 Å². The van der Waals surface area contributed by atoms with Gasteiger partial charge in [-0.25, -0.2) is 4.79 Å². The molecule has 0 saturated carbocycles. The molecule has 1 N–H and O–H groups in total. The summed E-state index contributed by atoms with van der Waals surface area (Å²) in [5, 5.41) is 8.95. The van der Waals surface area contributed by atoms with Gasteiger partial charge in [-0.05, 0) is 41.8 Å². The van der Waals surface area contributed by atoms with Crippen molar-refractivity contribution in [2.45, 2.75) is 20.4 Å². The van der Waals surface area contributed by atoms with Gasteiger partial charge in [-0.1, -0.05) is 26.0 Å². The molecule has 0 radical (unpaired) electrons. The summed E-state index contributed by atoms with van der Waals surface area (Å²) in [6.45, 7) is 5.05. The molecular formula is C21H25NO5. The summed E-state index contributed by atoms with van der Waals surface area (Å²) in [6, 6.07) is 11.6. The van der Waals surface area contributed by atoms with E-state index in [1.165, 1.54) is 12.1 Å². The Labute approximate surface area is 159 Å². The van der Waals surface area contributed by atoms with Gasteiger partial charge in [-0.3, -0.25) is 4.79 Å². The smallest absolute Gasteiger partial charge is 0.335 e. The fraction of sp³-hybridized carbons (Fsp3) is 0.333. The number of carbonyl (C=O) groups is 2. The number of carboxylic acid groups (broad SMARTS) is 1. The SMILES string of the molecule is COc1cc(C(=O)N(C)Cc2ccc(C(=O)O)cc2)ccc1OCC(C)C. The summed E-state index contributed by atoms with van der Waals surface area (Å²) in [5.74, 6) is 0.369. The van der Waals surface area contributed by atoms with E-state index in [4.69, 9.17) is 14.6 Å². The van der Waals surface area contributed by atoms with E-state index in [0.717, 1.165) is 5.56 Å². The summed E-state index contributed by atoms with van der Waals surface area (Å²) >= 11 is 0. The van der Waals surface area contributed by atoms with E-state index >= 15 is 0 Å². The number of carbonyl (C=O) groups excluding carboxylic acids is 1. The molecule has 2 aromatic carbocycles. The second-order valence-corrected chi connectivity index (χ2v) is 6.73. The first-order valence-corrected chi connectivity index (χ1v) is 8.70. The van der Waals surface area contributed by atoms with Crippen LogP contribution < -0.4 is 9.47 Å². The Hall–Kier alpha value is -3.02. The van der Waals surface area contributed by atoms with Crippen molar-refractivity contribution in [3.8, 4) is 11.5 Å². The third-order valence-electron chi connectivity index (χ3n) is 3.95. The monoisotopic (exact) mass is 371 g/mol. The van der Waals surface area contributed by atoms with Gasteiger partial charge in [0, 0.05) is 19.2 Å². The molecule has 0 saturated heterocycles. The quantitative estimate of drug-likeness (QED) is 0.766. The van der Waals surface area contributed by atoms with Crippen molar-refractivity contribution in [3.05, 3.63) is 59.2 Å². The van der Waals surface area contributed by atoms with Crippen LogP contribution in [0.1, 0.15) is 40.1 Å². The molecule has 27 heavy (non-hydrogen) atoms. The number of rotatable bonds is 8. The zero-order chi connectivity index (χ0) is 20.0. The number of carboxylic acids is 1. The van der Waals surface area contributed by atoms with Gasteiger partial charge < -0.3 is 19.5 Å². The Morgan fingerprint density at radius 3 is 2.22 bits per heavy atom. The van der Waals surface area contributed by atoms with Crippen molar-refractivity contribution in [2.75, 3.05) is 20.8 Å². The van der Waals surface area contributed by atoms with Gasteiger partial charge in [0.25, 0.3) is 5.91 Å². The van der Waals surface area contributed by atoms with Crippen LogP contribution in [0.15, 0.2) is 42.5 Å². The van der Waals surface area contributed by atoms with Crippen LogP contribution in [0.4, 0.5) is 0 Å². The predicted molar refractivity (Wildman–Crippen MR) is 103 cm³/mol. The third-order valence-corrected chi connectivity index (χ3v) is 3.95. The number of hydrogen-bond donors (Lipinski definition) is 1. The van der Waals surface area contributed by atoms with Gasteiger partial charge in [0.05, 0.1) is 19.3 Å². The zero-order valence-electron chi connectivity index (χ0n) is 16.1. The first-order valence-electron chi connectivity index (χ1n) is 8.70. The number of benzene rings is 2. The molecule has 0 unspecified atom stereocenters. The van der Waals surface area contributed by atoms with Gasteiger partial charge in [0.15, 0.2) is 11.5 Å². The summed E-state index contributed by atoms with van der Waals surface area (Å²) in [7, 11) is 3.24. The minimum absolute atomic E-state index is 0.161. The molecule has 2 rings (SSSR count). The Balaban J connectivity index is 2.10. The van der Waals surface area contributed by atoms with Crippen LogP contribution in [-0.4, -0.2) is 42.6 Å². The average molecular weight is 371 g/mol. The van der Waals surface area contributed by atoms with Crippen molar-refractivity contribution in [1.82, 2.24) is 4.90 Å². The minimum atomic E-state index is -0.974. The maximum atomic E-state index is 12.7. The second kappa shape index (κ2) is 9.07. The van der Waals surface area contributed by atoms with Crippen LogP contribution in [0.3, 0.4) is 0 Å². The molecule has 0 spiro atoms. The third kappa shape index (κ3) is 5.48. The van der Waals surface area contributed by atoms with Crippen LogP contribution in [0.5, 0.6) is 11.5 Å². The summed E-state index contributed by atoms with van der Waals surface area (Å²) in [4.78, 5) is 25.2. The average Bonchev–Trinajstić information content (AvgIpc) is 2.65. The highest BCUT2D eigenvalue weighted by Gasteiger charge is 2.16. The Kier molecular flexibility index (Phi) is 6.82. The summed E-state index contributed by atoms with van der Waals surface area (Å²) in [6.07, 6.45) is 0. The molecule has 0 aliphatic heterocycles. The highest BCUT2D eigenvalue weighted by atomic mass is 16.5. The number of methoxy groups -OCH3 is 1. The molecule has 0 fully saturated rings. The van der Waals surface area contributed by atoms with E-state index < -0.39 is 5.97 Å². The minimum Gasteiger partial charge on any atom is -0.493 e. The molecule has 0 heterocycles. The normalized spacial score (nSPS) is 10.6. The second-order valence-electron chi connectivity index (χ2n) is 6.73. The number of nitrogens with zero attached hydrogens (tertiary/aromatic N) is 1. The first kappa shape index (κ1) is 20.3. The Morgan fingerprint density at radius 1 is 1.04 bits per heavy atom. The standard InChI is InChI=1S/C21H25NO5/c1-14(2)13-27-18-10-9-17(11-19(18)26-4)20(23)22(3)12-15-5-7-16(8-6-15)21(24)25/h5-11,14H,12-13H2,1-4H3,(H,24,25). The van der Waals surface area contributed by atoms with Crippen LogP contribution in [0, 0.1) is 5.92 Å². The largest absolute Gasteiger partial charge is 0.493 e. The fourth-order valence-corrected chi connectivity index (χ4v) is 2.50. The maximum Gasteiger partial charge on any atom is 0.335 e. The first-order chi connectivity index (χ1) is 12.8. The number of amides is 1. The molecule has 0 atom stereocenters. The molecule has 0 aromatic heterocycles. The van der Waals surface area contributed by atoms with Crippen molar-refractivity contribution in [1.29, 1.82) is 0 Å². The van der Waals surface area contributed by atoms with Crippen LogP contribution in [0.2, 0.25) is 0 Å². The Bertz CT molecular complexity index is 799. The Morgan fingerprint density at radius 2 is 1.67 bits per heavy atom. The van der Waals surface area contributed by atoms with E-state index in [1.54, 1.807) is 49.4 Å². The summed E-state index contributed by atoms with van der Waals surface area (Å²) in [5.41, 5.74) is 1.56. The molecule has 0 bridgehead atoms. The van der Waals surface area contributed by atoms with Gasteiger partial charge in [-0.15, -0.1) is 0 Å². The van der Waals surface area contributed by atoms with Gasteiger partial charge in [-0.2, -0.15) is 0 Å². The molecule has 1 amide bonds. The van der Waals surface area contributed by atoms with Crippen LogP contribution >= 0.6 is 0 Å². The lowest BCUT2D eigenvalue weighted by atomic mass is 10.1. The molecular weight excluding hydrogens is 346 g/mol. The molecule has 144 valence electrons. The molecule has 6 nitrogen and oxygen atoms in total. The lowest BCUT2D eigenvalue weighted by Crippen LogP contribution is -2.26. The summed E-state index contributed by atoms with van der Waals surface area (Å²) < 4.78 is 11.1. The molecule has 0 aliphatic carbocycles. The molecule has 0 aliphatic rings. The van der Waals surface area contributed by atoms with E-state index in [0.29, 0.717) is 36.1 Å². The van der Waals surface area contributed by atoms with Gasteiger partial charge in [0.2, 0.25) is 0 Å². The predicted octanol–water partition coefficient (Wildman–Crippen LogP) is 3.70. The number of aromatic carboxylic acids is 1. The van der Waals surface area contributed by atoms with Crippen molar-refractivity contribution in [3.63, 3.8) is 0 Å². The van der Waals surface area contributed by atoms with Gasteiger partial charge in [0.1, 0.15) is 0 Å². The van der Waals surface area contributed by atoms with Crippen LogP contribution in [-0.2, 0) is 6.54 Å². The highest BCUT2D eigenvalue weighted by molar-refractivity contribution is 5.94. The number of hydrogen-bond acceptors (Lipinski definition) is 4. The topological polar surface area (TPSA) is 76.1 Å². The van der Waals surface area contributed by atoms with Gasteiger partial charge >= 0.3 is 5.97 Å². The van der Waals surface area contributed by atoms with Crippen LogP contribution in [0.25, 0.3) is 0 Å². The lowest BCUT2D eigenvalue weighted by Gasteiger charge is -2.19. The van der Waals surface area contributed by atoms with E-state index in [9.17, 15) is 9.59 Å². The highest BCUT2D eigenvalue weighted by Crippen LogP contribution is 2.29. The maximum absolute atomic E-state index is 12.7. The zero-order valence-corrected chi connectivity index (χ0v) is 16.1. The van der Waals surface area contributed by atoms with E-state index in [1.807, 2.05) is 0 Å². The van der Waals surface area contributed by atoms with E-state index in [-0.39, 0.29) is 11.5 Å². The molecule has 6 heteroatoms. The van der Waals surface area contributed by atoms with E-state index in [2.05, 4.69) is 13.8 Å². The van der Waals surface area contributed by atoms with Crippen molar-refractivity contribution >= 4 is 11.9 Å². The fourth-order valence-electron chi connectivity index (χ4n) is 2.50. The molecule has 2 aromatic rings. The number of ether oxygens (including phenoxy) is 2.